The van der Waals surface area contributed by atoms with E-state index in [9.17, 15) is 13.2 Å². The second-order valence-electron chi connectivity index (χ2n) is 6.06. The van der Waals surface area contributed by atoms with Gasteiger partial charge >= 0.3 is 5.97 Å². The minimum absolute atomic E-state index is 0.00313. The molecular formula is C21H19NO6S. The highest BCUT2D eigenvalue weighted by Crippen LogP contribution is 2.30. The van der Waals surface area contributed by atoms with E-state index >= 15 is 0 Å². The minimum atomic E-state index is -3.79. The van der Waals surface area contributed by atoms with Crippen LogP contribution in [0.4, 0.5) is 0 Å². The molecule has 0 aliphatic carbocycles. The molecule has 0 bridgehead atoms. The molecular weight excluding hydrogens is 394 g/mol. The van der Waals surface area contributed by atoms with Gasteiger partial charge < -0.3 is 14.2 Å². The number of para-hydroxylation sites is 1. The van der Waals surface area contributed by atoms with Crippen molar-refractivity contribution in [3.05, 3.63) is 78.1 Å². The van der Waals surface area contributed by atoms with Crippen LogP contribution in [0.15, 0.2) is 71.9 Å². The van der Waals surface area contributed by atoms with Crippen molar-refractivity contribution in [2.75, 3.05) is 14.2 Å². The number of methoxy groups -OCH3 is 2. The Hall–Kier alpha value is -3.39. The van der Waals surface area contributed by atoms with Crippen LogP contribution in [-0.2, 0) is 15.6 Å². The zero-order valence-corrected chi connectivity index (χ0v) is 16.7. The Morgan fingerprint density at radius 3 is 2.38 bits per heavy atom. The Morgan fingerprint density at radius 2 is 1.69 bits per heavy atom. The number of esters is 1. The normalized spacial score (nSPS) is 11.0. The molecule has 7 nitrogen and oxygen atoms in total. The van der Waals surface area contributed by atoms with Gasteiger partial charge in [-0.15, -0.1) is 0 Å². The number of carbonyl (C=O) groups excluding carboxylic acids is 1. The van der Waals surface area contributed by atoms with Crippen LogP contribution in [0.5, 0.6) is 17.2 Å². The van der Waals surface area contributed by atoms with Gasteiger partial charge in [0.2, 0.25) is 0 Å². The quantitative estimate of drug-likeness (QED) is 0.433. The van der Waals surface area contributed by atoms with Crippen molar-refractivity contribution in [1.29, 1.82) is 0 Å². The maximum Gasteiger partial charge on any atom is 0.345 e. The summed E-state index contributed by atoms with van der Waals surface area (Å²) in [5.41, 5.74) is 0.497. The molecule has 0 N–H and O–H groups in total. The van der Waals surface area contributed by atoms with Crippen LogP contribution in [0.2, 0.25) is 0 Å². The smallest absolute Gasteiger partial charge is 0.345 e. The van der Waals surface area contributed by atoms with Crippen LogP contribution < -0.4 is 14.2 Å². The summed E-state index contributed by atoms with van der Waals surface area (Å²) in [6, 6.07) is 14.6. The van der Waals surface area contributed by atoms with Crippen molar-refractivity contribution >= 4 is 15.8 Å². The second kappa shape index (κ2) is 8.74. The first-order valence-electron chi connectivity index (χ1n) is 8.59. The SMILES string of the molecule is COc1ccc(OC)c(S(=O)(=O)Cc2cncc(C(=O)Oc3ccccc3)c2)c1. The average Bonchev–Trinajstić information content (AvgIpc) is 2.73. The van der Waals surface area contributed by atoms with E-state index in [1.165, 1.54) is 44.8 Å². The fourth-order valence-corrected chi connectivity index (χ4v) is 4.16. The highest BCUT2D eigenvalue weighted by atomic mass is 32.2. The number of sulfone groups is 1. The van der Waals surface area contributed by atoms with Gasteiger partial charge in [0.15, 0.2) is 9.84 Å². The lowest BCUT2D eigenvalue weighted by molar-refractivity contribution is 0.0734. The fraction of sp³-hybridized carbons (Fsp3) is 0.143. The van der Waals surface area contributed by atoms with Gasteiger partial charge in [-0.3, -0.25) is 4.98 Å². The van der Waals surface area contributed by atoms with Gasteiger partial charge in [-0.2, -0.15) is 0 Å². The van der Waals surface area contributed by atoms with Gasteiger partial charge in [0.05, 0.1) is 25.5 Å². The summed E-state index contributed by atoms with van der Waals surface area (Å²) in [7, 11) is -0.947. The summed E-state index contributed by atoms with van der Waals surface area (Å²) in [5, 5.41) is 0. The van der Waals surface area contributed by atoms with Crippen LogP contribution in [0.25, 0.3) is 0 Å². The molecule has 8 heteroatoms. The Balaban J connectivity index is 1.85. The van der Waals surface area contributed by atoms with Gasteiger partial charge in [0, 0.05) is 18.5 Å². The Kier molecular flexibility index (Phi) is 6.13. The monoisotopic (exact) mass is 413 g/mol. The van der Waals surface area contributed by atoms with E-state index in [4.69, 9.17) is 14.2 Å². The zero-order valence-electron chi connectivity index (χ0n) is 15.9. The minimum Gasteiger partial charge on any atom is -0.497 e. The topological polar surface area (TPSA) is 91.8 Å². The number of rotatable bonds is 7. The van der Waals surface area contributed by atoms with Gasteiger partial charge in [0.1, 0.15) is 22.1 Å². The average molecular weight is 413 g/mol. The first kappa shape index (κ1) is 20.3. The van der Waals surface area contributed by atoms with Crippen molar-refractivity contribution in [3.63, 3.8) is 0 Å². The third-order valence-corrected chi connectivity index (χ3v) is 5.75. The molecule has 0 unspecified atom stereocenters. The van der Waals surface area contributed by atoms with Crippen molar-refractivity contribution in [3.8, 4) is 17.2 Å². The van der Waals surface area contributed by atoms with Crippen LogP contribution in [0, 0.1) is 0 Å². The lowest BCUT2D eigenvalue weighted by Crippen LogP contribution is -2.11. The maximum atomic E-state index is 12.9. The lowest BCUT2D eigenvalue weighted by atomic mass is 10.2. The van der Waals surface area contributed by atoms with Gasteiger partial charge in [0.25, 0.3) is 0 Å². The molecule has 0 atom stereocenters. The summed E-state index contributed by atoms with van der Waals surface area (Å²) < 4.78 is 41.4. The number of aromatic nitrogens is 1. The van der Waals surface area contributed by atoms with Crippen molar-refractivity contribution < 1.29 is 27.4 Å². The van der Waals surface area contributed by atoms with Crippen molar-refractivity contribution in [1.82, 2.24) is 4.98 Å². The zero-order chi connectivity index (χ0) is 20.9. The van der Waals surface area contributed by atoms with E-state index < -0.39 is 15.8 Å². The van der Waals surface area contributed by atoms with Crippen LogP contribution in [-0.4, -0.2) is 33.6 Å². The summed E-state index contributed by atoms with van der Waals surface area (Å²) in [6.07, 6.45) is 2.72. The number of ether oxygens (including phenoxy) is 3. The molecule has 0 radical (unpaired) electrons. The van der Waals surface area contributed by atoms with Gasteiger partial charge in [-0.1, -0.05) is 18.2 Å². The fourth-order valence-electron chi connectivity index (χ4n) is 2.66. The maximum absolute atomic E-state index is 12.9. The lowest BCUT2D eigenvalue weighted by Gasteiger charge is -2.11. The van der Waals surface area contributed by atoms with E-state index in [0.717, 1.165) is 0 Å². The van der Waals surface area contributed by atoms with Crippen LogP contribution >= 0.6 is 0 Å². The molecule has 0 spiro atoms. The molecule has 1 aromatic heterocycles. The van der Waals surface area contributed by atoms with Gasteiger partial charge in [-0.25, -0.2) is 13.2 Å². The Morgan fingerprint density at radius 1 is 0.931 bits per heavy atom. The summed E-state index contributed by atoms with van der Waals surface area (Å²) in [6.45, 7) is 0. The second-order valence-corrected chi connectivity index (χ2v) is 8.02. The van der Waals surface area contributed by atoms with Crippen molar-refractivity contribution in [2.24, 2.45) is 0 Å². The molecule has 0 saturated heterocycles. The largest absolute Gasteiger partial charge is 0.497 e. The van der Waals surface area contributed by atoms with E-state index in [1.807, 2.05) is 0 Å². The molecule has 29 heavy (non-hydrogen) atoms. The molecule has 2 aromatic carbocycles. The number of benzene rings is 2. The third-order valence-electron chi connectivity index (χ3n) is 4.05. The summed E-state index contributed by atoms with van der Waals surface area (Å²) >= 11 is 0. The first-order chi connectivity index (χ1) is 13.9. The molecule has 0 amide bonds. The van der Waals surface area contributed by atoms with E-state index in [1.54, 1.807) is 36.4 Å². The van der Waals surface area contributed by atoms with E-state index in [0.29, 0.717) is 17.1 Å². The van der Waals surface area contributed by atoms with E-state index in [-0.39, 0.29) is 22.0 Å². The summed E-state index contributed by atoms with van der Waals surface area (Å²) in [5.74, 6) is -0.00432. The number of pyridine rings is 1. The van der Waals surface area contributed by atoms with Crippen LogP contribution in [0.1, 0.15) is 15.9 Å². The molecule has 150 valence electrons. The standard InChI is InChI=1S/C21H19NO6S/c1-26-18-8-9-19(27-2)20(11-18)29(24,25)14-15-10-16(13-22-12-15)21(23)28-17-6-4-3-5-7-17/h3-13H,14H2,1-2H3. The third kappa shape index (κ3) is 4.91. The predicted molar refractivity (Wildman–Crippen MR) is 106 cm³/mol. The summed E-state index contributed by atoms with van der Waals surface area (Å²) in [4.78, 5) is 16.3. The Bertz CT molecular complexity index is 1110. The number of hydrogen-bond acceptors (Lipinski definition) is 7. The number of carbonyl (C=O) groups is 1. The Labute approximate surface area is 168 Å². The molecule has 3 rings (SSSR count). The number of hydrogen-bond donors (Lipinski definition) is 0. The number of nitrogens with zero attached hydrogens (tertiary/aromatic N) is 1. The highest BCUT2D eigenvalue weighted by Gasteiger charge is 2.22. The highest BCUT2D eigenvalue weighted by molar-refractivity contribution is 7.90. The molecule has 3 aromatic rings. The van der Waals surface area contributed by atoms with Crippen LogP contribution in [0.3, 0.4) is 0 Å². The molecule has 0 aliphatic heterocycles. The molecule has 0 aliphatic rings. The molecule has 0 fully saturated rings. The van der Waals surface area contributed by atoms with E-state index in [2.05, 4.69) is 4.98 Å². The predicted octanol–water partition coefficient (Wildman–Crippen LogP) is 3.29. The first-order valence-corrected chi connectivity index (χ1v) is 10.2. The molecule has 1 heterocycles. The van der Waals surface area contributed by atoms with Crippen molar-refractivity contribution in [2.45, 2.75) is 10.6 Å². The molecule has 0 saturated carbocycles. The van der Waals surface area contributed by atoms with Gasteiger partial charge in [-0.05, 0) is 35.9 Å².